The van der Waals surface area contributed by atoms with Gasteiger partial charge in [-0.15, -0.1) is 11.3 Å². The van der Waals surface area contributed by atoms with Gasteiger partial charge in [0, 0.05) is 22.1 Å². The molecule has 26 heavy (non-hydrogen) atoms. The molecule has 0 saturated heterocycles. The fourth-order valence-electron chi connectivity index (χ4n) is 2.16. The lowest BCUT2D eigenvalue weighted by Gasteiger charge is -2.01. The van der Waals surface area contributed by atoms with Gasteiger partial charge in [-0.05, 0) is 36.4 Å². The molecule has 3 rings (SSSR count). The Balaban J connectivity index is 1.64. The molecular weight excluding hydrogens is 346 g/mol. The lowest BCUT2D eigenvalue weighted by atomic mass is 10.1. The molecule has 0 saturated carbocycles. The number of benzene rings is 2. The summed E-state index contributed by atoms with van der Waals surface area (Å²) < 4.78 is 0. The van der Waals surface area contributed by atoms with Crippen LogP contribution < -0.4 is 11.1 Å². The van der Waals surface area contributed by atoms with Crippen LogP contribution in [0.25, 0.3) is 0 Å². The number of hydrogen-bond acceptors (Lipinski definition) is 4. The number of nitrogens with one attached hydrogen (secondary N) is 1. The van der Waals surface area contributed by atoms with Gasteiger partial charge in [0.15, 0.2) is 5.13 Å². The highest BCUT2D eigenvalue weighted by atomic mass is 32.1. The Labute approximate surface area is 154 Å². The van der Waals surface area contributed by atoms with Crippen LogP contribution in [0.1, 0.15) is 27.2 Å². The summed E-state index contributed by atoms with van der Waals surface area (Å²) in [6.45, 7) is 0. The van der Waals surface area contributed by atoms with Crippen molar-refractivity contribution in [2.45, 2.75) is 6.42 Å². The minimum atomic E-state index is -0.458. The molecular formula is C20H15N3O2S. The quantitative estimate of drug-likeness (QED) is 0.701. The van der Waals surface area contributed by atoms with E-state index in [1.54, 1.807) is 29.6 Å². The van der Waals surface area contributed by atoms with Crippen LogP contribution in [0.4, 0.5) is 5.13 Å². The summed E-state index contributed by atoms with van der Waals surface area (Å²) in [7, 11) is 0. The van der Waals surface area contributed by atoms with E-state index in [-0.39, 0.29) is 12.3 Å². The molecule has 0 bridgehead atoms. The lowest BCUT2D eigenvalue weighted by molar-refractivity contribution is -0.117. The Morgan fingerprint density at radius 2 is 1.65 bits per heavy atom. The fourth-order valence-corrected chi connectivity index (χ4v) is 2.87. The van der Waals surface area contributed by atoms with Crippen LogP contribution in [0.2, 0.25) is 0 Å². The zero-order valence-corrected chi connectivity index (χ0v) is 14.5. The number of rotatable bonds is 4. The number of carbonyl (C=O) groups excluding carboxylic acids is 2. The van der Waals surface area contributed by atoms with E-state index in [2.05, 4.69) is 22.1 Å². The molecule has 2 aromatic carbocycles. The van der Waals surface area contributed by atoms with Gasteiger partial charge in [-0.1, -0.05) is 30.0 Å². The maximum atomic E-state index is 12.3. The molecule has 1 aromatic heterocycles. The third kappa shape index (κ3) is 4.79. The molecule has 2 amide bonds. The van der Waals surface area contributed by atoms with E-state index in [9.17, 15) is 9.59 Å². The number of primary amides is 1. The number of thiazole rings is 1. The van der Waals surface area contributed by atoms with Gasteiger partial charge in [0.1, 0.15) is 0 Å². The summed E-state index contributed by atoms with van der Waals surface area (Å²) in [4.78, 5) is 27.3. The van der Waals surface area contributed by atoms with Crippen molar-refractivity contribution in [2.75, 3.05) is 5.32 Å². The van der Waals surface area contributed by atoms with Gasteiger partial charge in [0.25, 0.3) is 5.91 Å². The minimum Gasteiger partial charge on any atom is -0.369 e. The fraction of sp³-hybridized carbons (Fsp3) is 0.0500. The van der Waals surface area contributed by atoms with E-state index in [1.165, 1.54) is 11.3 Å². The predicted octanol–water partition coefficient (Wildman–Crippen LogP) is 2.82. The molecule has 0 unspecified atom stereocenters. The summed E-state index contributed by atoms with van der Waals surface area (Å²) in [6, 6.07) is 16.7. The molecule has 3 aromatic rings. The lowest BCUT2D eigenvalue weighted by Crippen LogP contribution is -2.14. The second kappa shape index (κ2) is 8.10. The third-order valence-corrected chi connectivity index (χ3v) is 4.21. The van der Waals surface area contributed by atoms with Crippen molar-refractivity contribution in [3.8, 4) is 11.8 Å². The standard InChI is InChI=1S/C20H15N3O2S/c21-18(24)12-17-13-26-20(22-17)23-19(25)16-10-8-15(9-11-16)7-6-14-4-2-1-3-5-14/h1-5,8-11,13H,12H2,(H2,21,24)(H,22,23,25). The Morgan fingerprint density at radius 1 is 1.00 bits per heavy atom. The highest BCUT2D eigenvalue weighted by Crippen LogP contribution is 2.17. The number of anilines is 1. The molecule has 1 heterocycles. The summed E-state index contributed by atoms with van der Waals surface area (Å²) in [5.74, 6) is 5.40. The first-order chi connectivity index (χ1) is 12.6. The van der Waals surface area contributed by atoms with E-state index >= 15 is 0 Å². The Hall–Kier alpha value is -3.43. The highest BCUT2D eigenvalue weighted by molar-refractivity contribution is 7.14. The van der Waals surface area contributed by atoms with Crippen molar-refractivity contribution in [3.05, 3.63) is 82.4 Å². The molecule has 0 radical (unpaired) electrons. The molecule has 6 heteroatoms. The van der Waals surface area contributed by atoms with Gasteiger partial charge in [-0.25, -0.2) is 4.98 Å². The second-order valence-electron chi connectivity index (χ2n) is 5.43. The number of nitrogens with two attached hydrogens (primary N) is 1. The smallest absolute Gasteiger partial charge is 0.257 e. The number of hydrogen-bond donors (Lipinski definition) is 2. The molecule has 0 atom stereocenters. The van der Waals surface area contributed by atoms with E-state index in [0.717, 1.165) is 11.1 Å². The van der Waals surface area contributed by atoms with Crippen molar-refractivity contribution in [3.63, 3.8) is 0 Å². The topological polar surface area (TPSA) is 85.1 Å². The largest absolute Gasteiger partial charge is 0.369 e. The van der Waals surface area contributed by atoms with Crippen molar-refractivity contribution >= 4 is 28.3 Å². The molecule has 128 valence electrons. The number of carbonyl (C=O) groups is 2. The first kappa shape index (κ1) is 17.4. The molecule has 0 spiro atoms. The summed E-state index contributed by atoms with van der Waals surface area (Å²) in [5.41, 5.74) is 7.93. The molecule has 0 aliphatic rings. The maximum Gasteiger partial charge on any atom is 0.257 e. The van der Waals surface area contributed by atoms with Crippen LogP contribution in [0, 0.1) is 11.8 Å². The van der Waals surface area contributed by atoms with Gasteiger partial charge in [0.05, 0.1) is 12.1 Å². The zero-order chi connectivity index (χ0) is 18.4. The number of amides is 2. The average molecular weight is 361 g/mol. The normalized spacial score (nSPS) is 9.85. The Bertz CT molecular complexity index is 983. The van der Waals surface area contributed by atoms with E-state index in [1.807, 2.05) is 30.3 Å². The summed E-state index contributed by atoms with van der Waals surface area (Å²) in [5, 5.41) is 4.84. The maximum absolute atomic E-state index is 12.3. The van der Waals surface area contributed by atoms with E-state index in [4.69, 9.17) is 5.73 Å². The van der Waals surface area contributed by atoms with Gasteiger partial charge in [0.2, 0.25) is 5.91 Å². The molecule has 0 aliphatic carbocycles. The number of aromatic nitrogens is 1. The van der Waals surface area contributed by atoms with Crippen LogP contribution in [-0.2, 0) is 11.2 Å². The first-order valence-electron chi connectivity index (χ1n) is 7.81. The van der Waals surface area contributed by atoms with Crippen molar-refractivity contribution in [1.29, 1.82) is 0 Å². The van der Waals surface area contributed by atoms with Crippen LogP contribution in [0.3, 0.4) is 0 Å². The minimum absolute atomic E-state index is 0.0567. The highest BCUT2D eigenvalue weighted by Gasteiger charge is 2.10. The summed E-state index contributed by atoms with van der Waals surface area (Å²) >= 11 is 1.25. The van der Waals surface area contributed by atoms with Crippen LogP contribution in [0.5, 0.6) is 0 Å². The van der Waals surface area contributed by atoms with Crippen LogP contribution in [-0.4, -0.2) is 16.8 Å². The SMILES string of the molecule is NC(=O)Cc1csc(NC(=O)c2ccc(C#Cc3ccccc3)cc2)n1. The van der Waals surface area contributed by atoms with Crippen molar-refractivity contribution in [2.24, 2.45) is 5.73 Å². The molecule has 3 N–H and O–H groups in total. The first-order valence-corrected chi connectivity index (χ1v) is 8.69. The van der Waals surface area contributed by atoms with Gasteiger partial charge < -0.3 is 5.73 Å². The van der Waals surface area contributed by atoms with Crippen LogP contribution >= 0.6 is 11.3 Å². The van der Waals surface area contributed by atoms with Crippen molar-refractivity contribution in [1.82, 2.24) is 4.98 Å². The number of nitrogens with zero attached hydrogens (tertiary/aromatic N) is 1. The predicted molar refractivity (Wildman–Crippen MR) is 102 cm³/mol. The van der Waals surface area contributed by atoms with Crippen LogP contribution in [0.15, 0.2) is 60.0 Å². The second-order valence-corrected chi connectivity index (χ2v) is 6.29. The van der Waals surface area contributed by atoms with Gasteiger partial charge >= 0.3 is 0 Å². The van der Waals surface area contributed by atoms with Crippen molar-refractivity contribution < 1.29 is 9.59 Å². The Morgan fingerprint density at radius 3 is 2.31 bits per heavy atom. The van der Waals surface area contributed by atoms with Gasteiger partial charge in [-0.2, -0.15) is 0 Å². The average Bonchev–Trinajstić information content (AvgIpc) is 3.07. The molecule has 5 nitrogen and oxygen atoms in total. The van der Waals surface area contributed by atoms with E-state index in [0.29, 0.717) is 16.4 Å². The Kier molecular flexibility index (Phi) is 5.42. The van der Waals surface area contributed by atoms with Gasteiger partial charge in [-0.3, -0.25) is 14.9 Å². The monoisotopic (exact) mass is 361 g/mol. The molecule has 0 aliphatic heterocycles. The zero-order valence-electron chi connectivity index (χ0n) is 13.7. The molecule has 0 fully saturated rings. The van der Waals surface area contributed by atoms with E-state index < -0.39 is 5.91 Å². The summed E-state index contributed by atoms with van der Waals surface area (Å²) in [6.07, 6.45) is 0.0567. The third-order valence-electron chi connectivity index (χ3n) is 3.40.